The molecule has 0 saturated carbocycles. The lowest BCUT2D eigenvalue weighted by molar-refractivity contribution is -0.141. The number of alkyl carbamates (subject to hydrolysis) is 1. The van der Waals surface area contributed by atoms with Gasteiger partial charge in [0.15, 0.2) is 0 Å². The number of carboxylic acids is 1. The van der Waals surface area contributed by atoms with Crippen LogP contribution in [0.5, 0.6) is 17.2 Å². The molecule has 0 aliphatic heterocycles. The minimum absolute atomic E-state index is 0.0502. The van der Waals surface area contributed by atoms with Crippen LogP contribution in [0.3, 0.4) is 0 Å². The summed E-state index contributed by atoms with van der Waals surface area (Å²) in [6.07, 6.45) is -0.766. The Morgan fingerprint density at radius 3 is 1.50 bits per heavy atom. The van der Waals surface area contributed by atoms with Crippen molar-refractivity contribution in [1.82, 2.24) is 10.6 Å². The number of benzene rings is 4. The average Bonchev–Trinajstić information content (AvgIpc) is 3.17. The number of ether oxygens (including phenoxy) is 6. The highest BCUT2D eigenvalue weighted by atomic mass is 16.6. The Balaban J connectivity index is 1.47. The van der Waals surface area contributed by atoms with Gasteiger partial charge in [0.1, 0.15) is 54.8 Å². The first kappa shape index (κ1) is 42.2. The number of aliphatic carboxylic acids is 1. The topological polar surface area (TPSA) is 185 Å². The van der Waals surface area contributed by atoms with Crippen LogP contribution in [0.25, 0.3) is 0 Å². The number of hydrogen-bond acceptors (Lipinski definition) is 11. The van der Waals surface area contributed by atoms with Crippen molar-refractivity contribution in [2.45, 2.75) is 71.6 Å². The molecule has 3 N–H and O–H groups in total. The van der Waals surface area contributed by atoms with Gasteiger partial charge in [0.25, 0.3) is 0 Å². The molecule has 0 heterocycles. The summed E-state index contributed by atoms with van der Waals surface area (Å²) < 4.78 is 33.2. The van der Waals surface area contributed by atoms with E-state index in [0.29, 0.717) is 33.9 Å². The minimum atomic E-state index is -1.22. The van der Waals surface area contributed by atoms with Crippen LogP contribution in [0.4, 0.5) is 4.79 Å². The third kappa shape index (κ3) is 13.4. The number of carbonyl (C=O) groups is 5. The molecular weight excluding hydrogens is 724 g/mol. The molecule has 0 unspecified atom stereocenters. The molecule has 0 spiro atoms. The predicted octanol–water partition coefficient (Wildman–Crippen LogP) is 6.02. The van der Waals surface area contributed by atoms with Gasteiger partial charge in [-0.3, -0.25) is 9.59 Å². The van der Waals surface area contributed by atoms with E-state index in [1.807, 2.05) is 12.1 Å². The molecule has 0 aliphatic rings. The van der Waals surface area contributed by atoms with Gasteiger partial charge in [-0.05, 0) is 98.5 Å². The van der Waals surface area contributed by atoms with Crippen molar-refractivity contribution in [3.63, 3.8) is 0 Å². The van der Waals surface area contributed by atoms with Crippen molar-refractivity contribution in [2.75, 3.05) is 14.2 Å². The SMILES string of the molecule is COC(=O)c1ccc(COc2cc(COc3ccc(C[C@H](NC(=O)OC(C)(C)C)C(=O)N[C@@H](C)C(=O)O)cc3)cc(OCc3ccc(C(=O)OC)cc3)c2)cc1. The molecule has 0 aromatic heterocycles. The van der Waals surface area contributed by atoms with Gasteiger partial charge in [-0.1, -0.05) is 36.4 Å². The highest BCUT2D eigenvalue weighted by Crippen LogP contribution is 2.27. The number of carbonyl (C=O) groups excluding carboxylic acids is 4. The molecule has 2 atom stereocenters. The molecule has 2 amide bonds. The van der Waals surface area contributed by atoms with E-state index in [-0.39, 0.29) is 26.2 Å². The van der Waals surface area contributed by atoms with E-state index < -0.39 is 47.6 Å². The quantitative estimate of drug-likeness (QED) is 0.0839. The lowest BCUT2D eigenvalue weighted by atomic mass is 10.0. The van der Waals surface area contributed by atoms with Crippen LogP contribution < -0.4 is 24.8 Å². The maximum Gasteiger partial charge on any atom is 0.408 e. The number of nitrogens with one attached hydrogen (secondary N) is 2. The third-order valence-electron chi connectivity index (χ3n) is 8.01. The second-order valence-electron chi connectivity index (χ2n) is 13.7. The van der Waals surface area contributed by atoms with E-state index in [1.54, 1.807) is 99.6 Å². The molecule has 296 valence electrons. The summed E-state index contributed by atoms with van der Waals surface area (Å²) >= 11 is 0. The molecule has 14 nitrogen and oxygen atoms in total. The maximum atomic E-state index is 13.0. The number of hydrogen-bond donors (Lipinski definition) is 3. The van der Waals surface area contributed by atoms with E-state index in [1.165, 1.54) is 21.1 Å². The van der Waals surface area contributed by atoms with Gasteiger partial charge in [0.05, 0.1) is 25.3 Å². The summed E-state index contributed by atoms with van der Waals surface area (Å²) in [5, 5.41) is 14.2. The van der Waals surface area contributed by atoms with Crippen molar-refractivity contribution >= 4 is 29.9 Å². The Kier molecular flexibility index (Phi) is 14.8. The van der Waals surface area contributed by atoms with Crippen molar-refractivity contribution in [3.05, 3.63) is 124 Å². The third-order valence-corrected chi connectivity index (χ3v) is 8.01. The predicted molar refractivity (Wildman–Crippen MR) is 204 cm³/mol. The first-order chi connectivity index (χ1) is 26.6. The van der Waals surface area contributed by atoms with Crippen LogP contribution in [0, 0.1) is 0 Å². The standard InChI is InChI=1S/C42H46N2O12/c1-26(38(46)47)43-37(45)36(44-41(50)56-42(2,3)4)21-27-11-17-33(18-12-27)53-25-30-19-34(54-23-28-7-13-31(14-8-28)39(48)51-5)22-35(20-30)55-24-29-9-15-32(16-10-29)40(49)52-6/h7-20,22,26,36H,21,23-25H2,1-6H3,(H,43,45)(H,44,50)(H,46,47)/t26-,36-/m0/s1. The lowest BCUT2D eigenvalue weighted by Crippen LogP contribution is -2.52. The number of amides is 2. The van der Waals surface area contributed by atoms with Gasteiger partial charge in [-0.25, -0.2) is 14.4 Å². The Labute approximate surface area is 325 Å². The summed E-state index contributed by atoms with van der Waals surface area (Å²) in [5.74, 6) is -1.23. The Bertz CT molecular complexity index is 1890. The zero-order valence-electron chi connectivity index (χ0n) is 32.1. The van der Waals surface area contributed by atoms with Gasteiger partial charge >= 0.3 is 24.0 Å². The van der Waals surface area contributed by atoms with Crippen molar-refractivity contribution in [2.24, 2.45) is 0 Å². The first-order valence-electron chi connectivity index (χ1n) is 17.6. The number of rotatable bonds is 17. The van der Waals surface area contributed by atoms with Crippen LogP contribution in [0.2, 0.25) is 0 Å². The second kappa shape index (κ2) is 19.7. The minimum Gasteiger partial charge on any atom is -0.489 e. The summed E-state index contributed by atoms with van der Waals surface area (Å²) in [7, 11) is 2.64. The monoisotopic (exact) mass is 770 g/mol. The normalized spacial score (nSPS) is 12.0. The highest BCUT2D eigenvalue weighted by Gasteiger charge is 2.27. The van der Waals surface area contributed by atoms with Gasteiger partial charge in [0.2, 0.25) is 5.91 Å². The molecule has 0 fully saturated rings. The van der Waals surface area contributed by atoms with E-state index in [9.17, 15) is 29.1 Å². The van der Waals surface area contributed by atoms with E-state index >= 15 is 0 Å². The first-order valence-corrected chi connectivity index (χ1v) is 17.6. The molecule has 4 aromatic rings. The Hall–Kier alpha value is -6.57. The van der Waals surface area contributed by atoms with Gasteiger partial charge in [0, 0.05) is 12.5 Å². The van der Waals surface area contributed by atoms with Crippen LogP contribution in [-0.4, -0.2) is 66.9 Å². The summed E-state index contributed by atoms with van der Waals surface area (Å²) in [4.78, 5) is 60.5. The van der Waals surface area contributed by atoms with Crippen LogP contribution in [0.1, 0.15) is 70.7 Å². The average molecular weight is 771 g/mol. The highest BCUT2D eigenvalue weighted by molar-refractivity contribution is 5.90. The Morgan fingerprint density at radius 2 is 1.05 bits per heavy atom. The summed E-state index contributed by atoms with van der Waals surface area (Å²) in [6, 6.07) is 23.7. The zero-order valence-corrected chi connectivity index (χ0v) is 32.1. The van der Waals surface area contributed by atoms with Crippen molar-refractivity contribution in [1.29, 1.82) is 0 Å². The van der Waals surface area contributed by atoms with Crippen LogP contribution >= 0.6 is 0 Å². The smallest absolute Gasteiger partial charge is 0.408 e. The molecular formula is C42H46N2O12. The summed E-state index contributed by atoms with van der Waals surface area (Å²) in [6.45, 7) is 6.94. The van der Waals surface area contributed by atoms with E-state index in [4.69, 9.17) is 28.4 Å². The van der Waals surface area contributed by atoms with E-state index in [0.717, 1.165) is 16.7 Å². The van der Waals surface area contributed by atoms with Gasteiger partial charge in [-0.2, -0.15) is 0 Å². The maximum absolute atomic E-state index is 13.0. The second-order valence-corrected chi connectivity index (χ2v) is 13.7. The van der Waals surface area contributed by atoms with Crippen LogP contribution in [0.15, 0.2) is 91.0 Å². The number of methoxy groups -OCH3 is 2. The number of esters is 2. The zero-order chi connectivity index (χ0) is 40.8. The van der Waals surface area contributed by atoms with Crippen molar-refractivity contribution in [3.8, 4) is 17.2 Å². The molecule has 0 bridgehead atoms. The molecule has 0 aliphatic carbocycles. The number of carboxylic acid groups (broad SMARTS) is 1. The molecule has 14 heteroatoms. The fourth-order valence-corrected chi connectivity index (χ4v) is 5.08. The molecule has 0 radical (unpaired) electrons. The fourth-order valence-electron chi connectivity index (χ4n) is 5.08. The van der Waals surface area contributed by atoms with Crippen LogP contribution in [-0.2, 0) is 50.0 Å². The summed E-state index contributed by atoms with van der Waals surface area (Å²) in [5.41, 5.74) is 3.08. The largest absolute Gasteiger partial charge is 0.489 e. The van der Waals surface area contributed by atoms with Gasteiger partial charge in [-0.15, -0.1) is 0 Å². The van der Waals surface area contributed by atoms with E-state index in [2.05, 4.69) is 10.6 Å². The lowest BCUT2D eigenvalue weighted by Gasteiger charge is -2.24. The molecule has 4 aromatic carbocycles. The molecule has 56 heavy (non-hydrogen) atoms. The van der Waals surface area contributed by atoms with Gasteiger partial charge < -0.3 is 44.2 Å². The van der Waals surface area contributed by atoms with Crippen molar-refractivity contribution < 1.29 is 57.5 Å². The molecule has 0 saturated heterocycles. The molecule has 4 rings (SSSR count). The fraction of sp³-hybridized carbons (Fsp3) is 0.310. The Morgan fingerprint density at radius 1 is 0.607 bits per heavy atom.